The lowest BCUT2D eigenvalue weighted by Crippen LogP contribution is -2.41. The molecule has 0 radical (unpaired) electrons. The highest BCUT2D eigenvalue weighted by Gasteiger charge is 2.32. The molecule has 28 heavy (non-hydrogen) atoms. The van der Waals surface area contributed by atoms with E-state index in [1.807, 2.05) is 19.9 Å². The molecule has 2 aromatic carbocycles. The molecule has 4 rings (SSSR count). The highest BCUT2D eigenvalue weighted by Crippen LogP contribution is 2.37. The van der Waals surface area contributed by atoms with Crippen LogP contribution in [-0.2, 0) is 21.8 Å². The van der Waals surface area contributed by atoms with Crippen LogP contribution in [0.2, 0.25) is 0 Å². The number of hydrogen-bond donors (Lipinski definition) is 1. The Morgan fingerprint density at radius 3 is 2.61 bits per heavy atom. The second kappa shape index (κ2) is 6.64. The summed E-state index contributed by atoms with van der Waals surface area (Å²) in [5.41, 5.74) is 1.50. The fraction of sp³-hybridized carbons (Fsp3) is 0.364. The van der Waals surface area contributed by atoms with Gasteiger partial charge in [-0.25, -0.2) is 8.42 Å². The number of sulfone groups is 1. The van der Waals surface area contributed by atoms with Gasteiger partial charge in [-0.05, 0) is 64.4 Å². The molecule has 1 N–H and O–H groups in total. The van der Waals surface area contributed by atoms with Crippen LogP contribution in [0, 0.1) is 0 Å². The Labute approximate surface area is 165 Å². The normalized spacial score (nSPS) is 16.3. The van der Waals surface area contributed by atoms with Crippen LogP contribution in [-0.4, -0.2) is 21.1 Å². The Morgan fingerprint density at radius 1 is 1.11 bits per heavy atom. The van der Waals surface area contributed by atoms with Crippen molar-refractivity contribution in [1.82, 2.24) is 5.32 Å². The minimum absolute atomic E-state index is 0.0271. The van der Waals surface area contributed by atoms with Crippen LogP contribution in [0.1, 0.15) is 39.0 Å². The molecule has 0 atom stereocenters. The van der Waals surface area contributed by atoms with Gasteiger partial charge in [0.25, 0.3) is 0 Å². The molecular weight excluding hydrogens is 374 g/mol. The van der Waals surface area contributed by atoms with Gasteiger partial charge in [0.2, 0.25) is 9.84 Å². The van der Waals surface area contributed by atoms with Crippen molar-refractivity contribution in [2.24, 2.45) is 0 Å². The largest absolute Gasteiger partial charge is 0.491 e. The summed E-state index contributed by atoms with van der Waals surface area (Å²) in [4.78, 5) is 0.432. The second-order valence-electron chi connectivity index (χ2n) is 8.01. The molecule has 6 heteroatoms. The molecule has 5 nitrogen and oxygen atoms in total. The maximum Gasteiger partial charge on any atom is 0.206 e. The Kier molecular flexibility index (Phi) is 4.51. The molecule has 2 heterocycles. The molecule has 0 fully saturated rings. The van der Waals surface area contributed by atoms with E-state index in [2.05, 4.69) is 19.2 Å². The molecule has 1 aliphatic rings. The van der Waals surface area contributed by atoms with Gasteiger partial charge in [0, 0.05) is 23.6 Å². The van der Waals surface area contributed by atoms with Gasteiger partial charge in [-0.2, -0.15) is 0 Å². The third-order valence-electron chi connectivity index (χ3n) is 5.07. The van der Waals surface area contributed by atoms with Gasteiger partial charge in [-0.1, -0.05) is 6.07 Å². The van der Waals surface area contributed by atoms with Gasteiger partial charge in [-0.15, -0.1) is 0 Å². The molecule has 0 saturated carbocycles. The average molecular weight is 400 g/mol. The predicted octanol–water partition coefficient (Wildman–Crippen LogP) is 4.43. The van der Waals surface area contributed by atoms with Gasteiger partial charge in [0.15, 0.2) is 0 Å². The number of fused-ring (bicyclic) bond motifs is 3. The fourth-order valence-corrected chi connectivity index (χ4v) is 5.06. The lowest BCUT2D eigenvalue weighted by molar-refractivity contribution is 0.242. The first-order chi connectivity index (χ1) is 13.2. The van der Waals surface area contributed by atoms with E-state index in [1.165, 1.54) is 0 Å². The van der Waals surface area contributed by atoms with Gasteiger partial charge in [0.1, 0.15) is 17.1 Å². The van der Waals surface area contributed by atoms with Crippen molar-refractivity contribution in [2.75, 3.05) is 6.54 Å². The van der Waals surface area contributed by atoms with E-state index in [0.717, 1.165) is 29.7 Å². The average Bonchev–Trinajstić information content (AvgIpc) is 3.01. The zero-order valence-electron chi connectivity index (χ0n) is 16.6. The van der Waals surface area contributed by atoms with Crippen LogP contribution in [0.3, 0.4) is 0 Å². The Bertz CT molecular complexity index is 1140. The van der Waals surface area contributed by atoms with E-state index < -0.39 is 9.84 Å². The van der Waals surface area contributed by atoms with Gasteiger partial charge in [-0.3, -0.25) is 0 Å². The first kappa shape index (κ1) is 19.0. The topological polar surface area (TPSA) is 68.5 Å². The molecule has 3 aromatic rings. The fourth-order valence-electron chi connectivity index (χ4n) is 3.75. The van der Waals surface area contributed by atoms with E-state index in [0.29, 0.717) is 11.3 Å². The number of nitrogens with one attached hydrogen (secondary N) is 1. The number of benzene rings is 2. The summed E-state index contributed by atoms with van der Waals surface area (Å²) in [5, 5.41) is 4.43. The van der Waals surface area contributed by atoms with Crippen molar-refractivity contribution in [3.05, 3.63) is 53.8 Å². The van der Waals surface area contributed by atoms with Crippen LogP contribution >= 0.6 is 0 Å². The van der Waals surface area contributed by atoms with E-state index in [1.54, 1.807) is 36.4 Å². The molecule has 0 aliphatic carbocycles. The smallest absolute Gasteiger partial charge is 0.206 e. The Morgan fingerprint density at radius 2 is 1.86 bits per heavy atom. The van der Waals surface area contributed by atoms with E-state index in [4.69, 9.17) is 9.15 Å². The van der Waals surface area contributed by atoms with Crippen LogP contribution in [0.4, 0.5) is 0 Å². The van der Waals surface area contributed by atoms with Gasteiger partial charge >= 0.3 is 0 Å². The number of ether oxygens (including phenoxy) is 1. The summed E-state index contributed by atoms with van der Waals surface area (Å²) in [6.07, 6.45) is 0.840. The Balaban J connectivity index is 1.79. The van der Waals surface area contributed by atoms with Crippen LogP contribution in [0.25, 0.3) is 11.0 Å². The summed E-state index contributed by atoms with van der Waals surface area (Å²) >= 11 is 0. The van der Waals surface area contributed by atoms with Crippen molar-refractivity contribution < 1.29 is 17.6 Å². The standard InChI is InChI=1S/C22H25NO4S/c1-14(2)26-15-6-5-7-16(12-15)28(24,25)17-8-9-18-19-10-11-23-22(3,4)21(19)27-20(18)13-17/h5-9,12-14,23H,10-11H2,1-4H3. The van der Waals surface area contributed by atoms with Gasteiger partial charge in [0.05, 0.1) is 21.4 Å². The molecular formula is C22H25NO4S. The van der Waals surface area contributed by atoms with Gasteiger partial charge < -0.3 is 14.5 Å². The lowest BCUT2D eigenvalue weighted by Gasteiger charge is -2.29. The first-order valence-electron chi connectivity index (χ1n) is 9.51. The molecule has 0 saturated heterocycles. The third kappa shape index (κ3) is 3.20. The van der Waals surface area contributed by atoms with E-state index in [-0.39, 0.29) is 21.4 Å². The molecule has 1 aromatic heterocycles. The molecule has 0 bridgehead atoms. The monoisotopic (exact) mass is 399 g/mol. The summed E-state index contributed by atoms with van der Waals surface area (Å²) in [6.45, 7) is 8.84. The molecule has 0 unspecified atom stereocenters. The quantitative estimate of drug-likeness (QED) is 0.703. The molecule has 1 aliphatic heterocycles. The minimum atomic E-state index is -3.67. The van der Waals surface area contributed by atoms with Crippen LogP contribution in [0.15, 0.2) is 56.7 Å². The van der Waals surface area contributed by atoms with Crippen molar-refractivity contribution in [3.8, 4) is 5.75 Å². The third-order valence-corrected chi connectivity index (χ3v) is 6.82. The highest BCUT2D eigenvalue weighted by atomic mass is 32.2. The first-order valence-corrected chi connectivity index (χ1v) is 11.0. The maximum absolute atomic E-state index is 13.2. The van der Waals surface area contributed by atoms with Crippen molar-refractivity contribution in [2.45, 2.75) is 55.5 Å². The number of rotatable bonds is 4. The zero-order valence-corrected chi connectivity index (χ0v) is 17.4. The zero-order chi connectivity index (χ0) is 20.1. The lowest BCUT2D eigenvalue weighted by atomic mass is 9.91. The van der Waals surface area contributed by atoms with Crippen molar-refractivity contribution >= 4 is 20.8 Å². The van der Waals surface area contributed by atoms with Crippen LogP contribution < -0.4 is 10.1 Å². The summed E-state index contributed by atoms with van der Waals surface area (Å²) in [7, 11) is -3.67. The van der Waals surface area contributed by atoms with E-state index >= 15 is 0 Å². The SMILES string of the molecule is CC(C)Oc1cccc(S(=O)(=O)c2ccc3c4c(oc3c2)C(C)(C)NCC4)c1. The number of hydrogen-bond acceptors (Lipinski definition) is 5. The van der Waals surface area contributed by atoms with Crippen molar-refractivity contribution in [1.29, 1.82) is 0 Å². The summed E-state index contributed by atoms with van der Waals surface area (Å²) in [5.74, 6) is 1.43. The summed E-state index contributed by atoms with van der Waals surface area (Å²) < 4.78 is 38.1. The van der Waals surface area contributed by atoms with E-state index in [9.17, 15) is 8.42 Å². The molecule has 0 spiro atoms. The van der Waals surface area contributed by atoms with Crippen LogP contribution in [0.5, 0.6) is 5.75 Å². The second-order valence-corrected chi connectivity index (χ2v) is 9.96. The molecule has 148 valence electrons. The summed E-state index contributed by atoms with van der Waals surface area (Å²) in [6, 6.07) is 11.8. The predicted molar refractivity (Wildman–Crippen MR) is 109 cm³/mol. The maximum atomic E-state index is 13.2. The van der Waals surface area contributed by atoms with Crippen molar-refractivity contribution in [3.63, 3.8) is 0 Å². The molecule has 0 amide bonds. The number of furan rings is 1. The minimum Gasteiger partial charge on any atom is -0.491 e. The highest BCUT2D eigenvalue weighted by molar-refractivity contribution is 7.91. The Hall–Kier alpha value is -2.31.